The zero-order chi connectivity index (χ0) is 50.5. The van der Waals surface area contributed by atoms with Crippen LogP contribution in [0.5, 0.6) is 17.4 Å². The smallest absolute Gasteiger partial charge is 0.406 e. The van der Waals surface area contributed by atoms with E-state index in [9.17, 15) is 22.4 Å². The Morgan fingerprint density at radius 2 is 1.83 bits per heavy atom. The number of anilines is 3. The number of carbonyl (C=O) groups excluding carboxylic acids is 1. The zero-order valence-electron chi connectivity index (χ0n) is 40.5. The van der Waals surface area contributed by atoms with Crippen LogP contribution in [0.1, 0.15) is 29.1 Å². The van der Waals surface area contributed by atoms with E-state index >= 15 is 0 Å². The molecule has 0 radical (unpaired) electrons. The molecular weight excluding hydrogens is 943 g/mol. The molecule has 3 aromatic carbocycles. The summed E-state index contributed by atoms with van der Waals surface area (Å²) in [6, 6.07) is 21.3. The molecule has 378 valence electrons. The minimum atomic E-state index is -4.48. The number of benzene rings is 3. The van der Waals surface area contributed by atoms with E-state index in [2.05, 4.69) is 43.2 Å². The molecule has 6 aromatic rings. The van der Waals surface area contributed by atoms with E-state index in [0.29, 0.717) is 90.4 Å². The number of halogens is 4. The molecule has 0 unspecified atom stereocenters. The molecule has 1 fully saturated rings. The number of hydrogen-bond acceptors (Lipinski definition) is 14. The second-order valence-electron chi connectivity index (χ2n) is 17.0. The molecule has 0 bridgehead atoms. The Hall–Kier alpha value is -6.66. The van der Waals surface area contributed by atoms with Gasteiger partial charge in [-0.3, -0.25) is 4.79 Å². The Morgan fingerprint density at radius 1 is 1.00 bits per heavy atom. The number of aryl methyl sites for hydroxylation is 2. The first kappa shape index (κ1) is 52.2. The number of rotatable bonds is 22. The number of piperidine rings is 1. The number of nitrogens with one attached hydrogen (secondary N) is 4. The number of hydrogen-bond donors (Lipinski definition) is 4. The van der Waals surface area contributed by atoms with Crippen molar-refractivity contribution < 1.29 is 45.8 Å². The van der Waals surface area contributed by atoms with Gasteiger partial charge in [0.15, 0.2) is 6.61 Å². The fourth-order valence-electron chi connectivity index (χ4n) is 8.13. The molecule has 3 aromatic heterocycles. The van der Waals surface area contributed by atoms with Crippen molar-refractivity contribution in [2.45, 2.75) is 56.6 Å². The molecule has 7 rings (SSSR count). The van der Waals surface area contributed by atoms with Crippen molar-refractivity contribution in [1.82, 2.24) is 29.2 Å². The predicted molar refractivity (Wildman–Crippen MR) is 268 cm³/mol. The number of alkyl halides is 4. The number of methoxy groups -OCH3 is 2. The Kier molecular flexibility index (Phi) is 18.0. The van der Waals surface area contributed by atoms with Gasteiger partial charge in [-0.15, -0.1) is 0 Å². The average Bonchev–Trinajstić information content (AvgIpc) is 3.87. The van der Waals surface area contributed by atoms with E-state index in [1.165, 1.54) is 11.9 Å². The van der Waals surface area contributed by atoms with E-state index in [-0.39, 0.29) is 31.3 Å². The van der Waals surface area contributed by atoms with Gasteiger partial charge in [-0.25, -0.2) is 13.7 Å². The normalized spacial score (nSPS) is 15.0. The number of pyridine rings is 1. The predicted octanol–water partition coefficient (Wildman–Crippen LogP) is 8.57. The van der Waals surface area contributed by atoms with Crippen molar-refractivity contribution in [3.8, 4) is 40.3 Å². The highest BCUT2D eigenvalue weighted by atomic mass is 32.2. The van der Waals surface area contributed by atoms with Crippen LogP contribution in [0.2, 0.25) is 0 Å². The number of aromatic nitrogens is 3. The van der Waals surface area contributed by atoms with E-state index in [4.69, 9.17) is 23.5 Å². The number of likely N-dealkylation sites (tertiary alicyclic amines) is 1. The van der Waals surface area contributed by atoms with Crippen molar-refractivity contribution >= 4 is 45.8 Å². The van der Waals surface area contributed by atoms with Crippen LogP contribution in [0.25, 0.3) is 22.0 Å². The molecule has 20 heteroatoms. The quantitative estimate of drug-likeness (QED) is 0.0222. The number of carbonyl (C=O) groups is 1. The minimum Gasteiger partial charge on any atom is -0.495 e. The Labute approximate surface area is 415 Å². The van der Waals surface area contributed by atoms with Crippen molar-refractivity contribution in [2.24, 2.45) is 0 Å². The van der Waals surface area contributed by atoms with E-state index in [0.717, 1.165) is 38.4 Å². The van der Waals surface area contributed by atoms with Crippen LogP contribution in [0, 0.1) is 25.7 Å². The van der Waals surface area contributed by atoms with Crippen LogP contribution in [-0.2, 0) is 22.6 Å². The van der Waals surface area contributed by atoms with Gasteiger partial charge in [0, 0.05) is 66.0 Å². The van der Waals surface area contributed by atoms with Gasteiger partial charge < -0.3 is 54.2 Å². The lowest BCUT2D eigenvalue weighted by Crippen LogP contribution is -2.46. The highest BCUT2D eigenvalue weighted by molar-refractivity contribution is 7.97. The van der Waals surface area contributed by atoms with Crippen molar-refractivity contribution in [1.29, 1.82) is 0 Å². The summed E-state index contributed by atoms with van der Waals surface area (Å²) in [5.41, 5.74) is 5.95. The molecule has 0 saturated carbocycles. The maximum Gasteiger partial charge on any atom is 0.406 e. The Bertz CT molecular complexity index is 2790. The third-order valence-electron chi connectivity index (χ3n) is 11.6. The highest BCUT2D eigenvalue weighted by Gasteiger charge is 2.31. The van der Waals surface area contributed by atoms with Gasteiger partial charge in [0.05, 0.1) is 68.3 Å². The first-order valence-corrected chi connectivity index (χ1v) is 23.8. The van der Waals surface area contributed by atoms with Crippen LogP contribution < -0.4 is 35.5 Å². The summed E-state index contributed by atoms with van der Waals surface area (Å²) in [5.74, 6) is 7.89. The summed E-state index contributed by atoms with van der Waals surface area (Å²) in [7, 11) is 6.92. The average molecular weight is 1000 g/mol. The van der Waals surface area contributed by atoms with Gasteiger partial charge in [0.1, 0.15) is 30.0 Å². The first-order valence-electron chi connectivity index (χ1n) is 23.0. The summed E-state index contributed by atoms with van der Waals surface area (Å²) in [6.45, 7) is 5.62. The molecule has 0 spiro atoms. The zero-order valence-corrected chi connectivity index (χ0v) is 41.4. The molecule has 1 aliphatic heterocycles. The van der Waals surface area contributed by atoms with Crippen LogP contribution in [0.3, 0.4) is 0 Å². The summed E-state index contributed by atoms with van der Waals surface area (Å²) in [5, 5.41) is 17.3. The van der Waals surface area contributed by atoms with Crippen LogP contribution in [-0.4, -0.2) is 129 Å². The van der Waals surface area contributed by atoms with Gasteiger partial charge in [0.25, 0.3) is 5.91 Å². The number of likely N-dealkylation sites (N-methyl/N-ethyl adjacent to an activating group) is 1. The van der Waals surface area contributed by atoms with Crippen LogP contribution >= 0.6 is 11.9 Å². The Morgan fingerprint density at radius 3 is 2.59 bits per heavy atom. The minimum absolute atomic E-state index is 0.135. The molecule has 71 heavy (non-hydrogen) atoms. The molecule has 4 N–H and O–H groups in total. The maximum atomic E-state index is 14.9. The lowest BCUT2D eigenvalue weighted by Gasteiger charge is -2.33. The number of ether oxygens (including phenoxy) is 4. The topological polar surface area (TPSA) is 152 Å². The third-order valence-corrected chi connectivity index (χ3v) is 12.6. The van der Waals surface area contributed by atoms with Gasteiger partial charge in [-0.05, 0) is 112 Å². The second-order valence-corrected chi connectivity index (χ2v) is 18.3. The lowest BCUT2D eigenvalue weighted by atomic mass is 10.0. The van der Waals surface area contributed by atoms with Crippen molar-refractivity contribution in [3.63, 3.8) is 0 Å². The first-order chi connectivity index (χ1) is 34.2. The molecule has 4 heterocycles. The van der Waals surface area contributed by atoms with Gasteiger partial charge >= 0.3 is 6.18 Å². The summed E-state index contributed by atoms with van der Waals surface area (Å²) in [4.78, 5) is 19.8. The standard InChI is InChI=1S/C51H59F4N9O6S/c1-33-49(34(2)70-61-33)36-25-45(50(67-6)59-29-36)58-28-35-10-7-12-38(24-35)69-31-48(65)57-19-22-68-23-21-63(4)71-39-15-16-44(47(27-39)66-5)56-18-9-11-37-26-40-42(60-43-17-20-62(3)30-41(43)52)13-8-14-46(40)64(37)32-51(53,54)55/h7-8,10,12-16,24-27,29,41,43,56,58,60H,17-23,28,30-32H2,1-6H3,(H,57,65)/t41-,43+/m0/s1. The second kappa shape index (κ2) is 24.4. The largest absolute Gasteiger partial charge is 0.495 e. The van der Waals surface area contributed by atoms with Crippen molar-refractivity contribution in [2.75, 3.05) is 96.8 Å². The summed E-state index contributed by atoms with van der Waals surface area (Å²) in [6.07, 6.45) is -3.29. The number of amides is 1. The maximum absolute atomic E-state index is 14.9. The Balaban J connectivity index is 0.818. The molecule has 1 saturated heterocycles. The van der Waals surface area contributed by atoms with E-state index < -0.39 is 24.9 Å². The third kappa shape index (κ3) is 14.5. The highest BCUT2D eigenvalue weighted by Crippen LogP contribution is 2.35. The fraction of sp³-hybridized carbons (Fsp3) is 0.392. The molecular formula is C51H59F4N9O6S. The molecule has 2 atom stereocenters. The number of nitrogens with zero attached hydrogens (tertiary/aromatic N) is 5. The molecule has 1 aliphatic rings. The fourth-order valence-corrected chi connectivity index (χ4v) is 8.94. The lowest BCUT2D eigenvalue weighted by molar-refractivity contribution is -0.140. The van der Waals surface area contributed by atoms with Crippen LogP contribution in [0.4, 0.5) is 34.6 Å². The molecule has 1 amide bonds. The molecule has 15 nitrogen and oxygen atoms in total. The van der Waals surface area contributed by atoms with Crippen LogP contribution in [0.15, 0.2) is 88.4 Å². The summed E-state index contributed by atoms with van der Waals surface area (Å²) >= 11 is 1.50. The van der Waals surface area contributed by atoms with E-state index in [1.807, 2.05) is 79.6 Å². The number of fused-ring (bicyclic) bond motifs is 1. The monoisotopic (exact) mass is 1000 g/mol. The van der Waals surface area contributed by atoms with Gasteiger partial charge in [0.2, 0.25) is 5.88 Å². The van der Waals surface area contributed by atoms with Crippen molar-refractivity contribution in [3.05, 3.63) is 102 Å². The SMILES string of the molecule is COc1cc(SN(C)CCOCCNC(=O)COc2cccc(CNc3cc(-c4c(C)noc4C)cnc3OC)c2)ccc1NCC#Cc1cc2c(N[C@@H]3CCN(C)C[C@@H]3F)cccc2n1CC(F)(F)F. The summed E-state index contributed by atoms with van der Waals surface area (Å²) < 4.78 is 87.4. The molecule has 0 aliphatic carbocycles. The van der Waals surface area contributed by atoms with Gasteiger partial charge in [-0.1, -0.05) is 29.3 Å². The van der Waals surface area contributed by atoms with E-state index in [1.54, 1.807) is 50.7 Å². The van der Waals surface area contributed by atoms with Gasteiger partial charge in [-0.2, -0.15) is 13.2 Å².